The van der Waals surface area contributed by atoms with Gasteiger partial charge in [0.1, 0.15) is 0 Å². The van der Waals surface area contributed by atoms with Gasteiger partial charge in [0.15, 0.2) is 0 Å². The Kier molecular flexibility index (Phi) is 6.32. The molecular formula is C13H27NO2. The first kappa shape index (κ1) is 13.9. The summed E-state index contributed by atoms with van der Waals surface area (Å²) in [6, 6.07) is 0. The minimum Gasteiger partial charge on any atom is -0.396 e. The van der Waals surface area contributed by atoms with E-state index in [4.69, 9.17) is 4.74 Å². The molecule has 0 aromatic carbocycles. The zero-order valence-corrected chi connectivity index (χ0v) is 10.8. The molecule has 1 fully saturated rings. The molecule has 0 aromatic rings. The average molecular weight is 229 g/mol. The highest BCUT2D eigenvalue weighted by Crippen LogP contribution is 2.29. The van der Waals surface area contributed by atoms with E-state index in [1.54, 1.807) is 0 Å². The summed E-state index contributed by atoms with van der Waals surface area (Å²) in [6.45, 7) is 8.38. The van der Waals surface area contributed by atoms with E-state index in [1.807, 2.05) is 0 Å². The number of piperidine rings is 1. The van der Waals surface area contributed by atoms with Crippen molar-refractivity contribution in [3.63, 3.8) is 0 Å². The molecule has 0 saturated carbocycles. The quantitative estimate of drug-likeness (QED) is 0.654. The zero-order chi connectivity index (χ0) is 11.9. The van der Waals surface area contributed by atoms with Crippen molar-refractivity contribution in [2.24, 2.45) is 11.3 Å². The van der Waals surface area contributed by atoms with Gasteiger partial charge in [-0.3, -0.25) is 0 Å². The van der Waals surface area contributed by atoms with Gasteiger partial charge >= 0.3 is 0 Å². The number of ether oxygens (including phenoxy) is 1. The maximum absolute atomic E-state index is 9.49. The van der Waals surface area contributed by atoms with Crippen LogP contribution in [-0.2, 0) is 4.74 Å². The van der Waals surface area contributed by atoms with Gasteiger partial charge in [-0.05, 0) is 38.1 Å². The van der Waals surface area contributed by atoms with Crippen LogP contribution in [0.1, 0.15) is 39.5 Å². The molecule has 1 saturated heterocycles. The molecule has 0 aliphatic carbocycles. The molecule has 3 nitrogen and oxygen atoms in total. The van der Waals surface area contributed by atoms with E-state index in [0.29, 0.717) is 5.92 Å². The Morgan fingerprint density at radius 2 is 2.19 bits per heavy atom. The van der Waals surface area contributed by atoms with Crippen molar-refractivity contribution in [2.45, 2.75) is 39.5 Å². The SMILES string of the molecule is CC(C)CCOCCC1(CO)CCCNC1. The number of aliphatic hydroxyl groups excluding tert-OH is 1. The Hall–Kier alpha value is -0.120. The van der Waals surface area contributed by atoms with Crippen LogP contribution in [-0.4, -0.2) is 38.0 Å². The van der Waals surface area contributed by atoms with Gasteiger partial charge in [-0.15, -0.1) is 0 Å². The third-order valence-corrected chi connectivity index (χ3v) is 3.51. The molecule has 96 valence electrons. The lowest BCUT2D eigenvalue weighted by molar-refractivity contribution is 0.0378. The Morgan fingerprint density at radius 1 is 1.38 bits per heavy atom. The van der Waals surface area contributed by atoms with Crippen molar-refractivity contribution < 1.29 is 9.84 Å². The van der Waals surface area contributed by atoms with Crippen LogP contribution in [0.15, 0.2) is 0 Å². The van der Waals surface area contributed by atoms with Gasteiger partial charge in [-0.25, -0.2) is 0 Å². The van der Waals surface area contributed by atoms with Crippen LogP contribution in [0, 0.1) is 11.3 Å². The van der Waals surface area contributed by atoms with Crippen LogP contribution in [0.4, 0.5) is 0 Å². The summed E-state index contributed by atoms with van der Waals surface area (Å²) in [6.07, 6.45) is 4.41. The van der Waals surface area contributed by atoms with E-state index >= 15 is 0 Å². The summed E-state index contributed by atoms with van der Waals surface area (Å²) in [7, 11) is 0. The summed E-state index contributed by atoms with van der Waals surface area (Å²) in [5, 5.41) is 12.9. The fourth-order valence-corrected chi connectivity index (χ4v) is 2.17. The summed E-state index contributed by atoms with van der Waals surface area (Å²) in [5.74, 6) is 0.711. The normalized spacial score (nSPS) is 26.2. The number of aliphatic hydroxyl groups is 1. The molecule has 0 aromatic heterocycles. The Balaban J connectivity index is 2.13. The van der Waals surface area contributed by atoms with Crippen LogP contribution in [0.25, 0.3) is 0 Å². The monoisotopic (exact) mass is 229 g/mol. The number of rotatable bonds is 7. The second-order valence-electron chi connectivity index (χ2n) is 5.48. The maximum atomic E-state index is 9.49. The number of hydrogen-bond acceptors (Lipinski definition) is 3. The molecule has 0 radical (unpaired) electrons. The maximum Gasteiger partial charge on any atom is 0.0500 e. The van der Waals surface area contributed by atoms with Gasteiger partial charge in [-0.2, -0.15) is 0 Å². The molecule has 16 heavy (non-hydrogen) atoms. The van der Waals surface area contributed by atoms with Gasteiger partial charge in [0, 0.05) is 31.8 Å². The number of hydrogen-bond donors (Lipinski definition) is 2. The molecule has 3 heteroatoms. The first-order valence-corrected chi connectivity index (χ1v) is 6.58. The van der Waals surface area contributed by atoms with E-state index in [1.165, 1.54) is 6.42 Å². The standard InChI is InChI=1S/C13H27NO2/c1-12(2)4-8-16-9-6-13(11-15)5-3-7-14-10-13/h12,14-15H,3-11H2,1-2H3. The minimum atomic E-state index is 0.0794. The molecule has 1 aliphatic heterocycles. The summed E-state index contributed by atoms with van der Waals surface area (Å²) in [5.41, 5.74) is 0.0794. The first-order chi connectivity index (χ1) is 7.68. The molecule has 0 amide bonds. The van der Waals surface area contributed by atoms with Crippen LogP contribution >= 0.6 is 0 Å². The Labute approximate surface area is 99.6 Å². The molecule has 1 rings (SSSR count). The highest BCUT2D eigenvalue weighted by molar-refractivity contribution is 4.84. The summed E-state index contributed by atoms with van der Waals surface area (Å²) >= 11 is 0. The predicted molar refractivity (Wildman–Crippen MR) is 66.5 cm³/mol. The number of nitrogens with one attached hydrogen (secondary N) is 1. The van der Waals surface area contributed by atoms with Crippen LogP contribution in [0.2, 0.25) is 0 Å². The van der Waals surface area contributed by atoms with Crippen molar-refractivity contribution >= 4 is 0 Å². The molecule has 1 unspecified atom stereocenters. The lowest BCUT2D eigenvalue weighted by atomic mass is 9.79. The van der Waals surface area contributed by atoms with Crippen LogP contribution in [0.3, 0.4) is 0 Å². The second-order valence-corrected chi connectivity index (χ2v) is 5.48. The Bertz CT molecular complexity index is 177. The van der Waals surface area contributed by atoms with Crippen molar-refractivity contribution in [2.75, 3.05) is 32.9 Å². The van der Waals surface area contributed by atoms with Crippen molar-refractivity contribution in [1.29, 1.82) is 0 Å². The molecule has 1 atom stereocenters. The van der Waals surface area contributed by atoms with E-state index in [9.17, 15) is 5.11 Å². The largest absolute Gasteiger partial charge is 0.396 e. The first-order valence-electron chi connectivity index (χ1n) is 6.58. The molecule has 1 heterocycles. The van der Waals surface area contributed by atoms with Gasteiger partial charge < -0.3 is 15.2 Å². The highest BCUT2D eigenvalue weighted by Gasteiger charge is 2.30. The highest BCUT2D eigenvalue weighted by atomic mass is 16.5. The molecular weight excluding hydrogens is 202 g/mol. The minimum absolute atomic E-state index is 0.0794. The zero-order valence-electron chi connectivity index (χ0n) is 10.8. The van der Waals surface area contributed by atoms with E-state index in [-0.39, 0.29) is 12.0 Å². The fraction of sp³-hybridized carbons (Fsp3) is 1.00. The second kappa shape index (κ2) is 7.25. The molecule has 0 bridgehead atoms. The summed E-state index contributed by atoms with van der Waals surface area (Å²) < 4.78 is 5.64. The van der Waals surface area contributed by atoms with Gasteiger partial charge in [-0.1, -0.05) is 13.8 Å². The fourth-order valence-electron chi connectivity index (χ4n) is 2.17. The van der Waals surface area contributed by atoms with Crippen LogP contribution < -0.4 is 5.32 Å². The predicted octanol–water partition coefficient (Wildman–Crippen LogP) is 1.80. The molecule has 0 spiro atoms. The van der Waals surface area contributed by atoms with Crippen molar-refractivity contribution in [3.05, 3.63) is 0 Å². The van der Waals surface area contributed by atoms with E-state index in [0.717, 1.165) is 45.6 Å². The topological polar surface area (TPSA) is 41.5 Å². The van der Waals surface area contributed by atoms with Gasteiger partial charge in [0.05, 0.1) is 0 Å². The Morgan fingerprint density at radius 3 is 2.75 bits per heavy atom. The molecule has 2 N–H and O–H groups in total. The van der Waals surface area contributed by atoms with Crippen molar-refractivity contribution in [3.8, 4) is 0 Å². The van der Waals surface area contributed by atoms with Gasteiger partial charge in [0.2, 0.25) is 0 Å². The van der Waals surface area contributed by atoms with E-state index < -0.39 is 0 Å². The van der Waals surface area contributed by atoms with E-state index in [2.05, 4.69) is 19.2 Å². The lowest BCUT2D eigenvalue weighted by Crippen LogP contribution is -2.43. The summed E-state index contributed by atoms with van der Waals surface area (Å²) in [4.78, 5) is 0. The van der Waals surface area contributed by atoms with Gasteiger partial charge in [0.25, 0.3) is 0 Å². The third kappa shape index (κ3) is 4.81. The smallest absolute Gasteiger partial charge is 0.0500 e. The van der Waals surface area contributed by atoms with Crippen molar-refractivity contribution in [1.82, 2.24) is 5.32 Å². The molecule has 1 aliphatic rings. The third-order valence-electron chi connectivity index (χ3n) is 3.51. The average Bonchev–Trinajstić information content (AvgIpc) is 2.29. The van der Waals surface area contributed by atoms with Crippen LogP contribution in [0.5, 0.6) is 0 Å². The lowest BCUT2D eigenvalue weighted by Gasteiger charge is -2.36.